The summed E-state index contributed by atoms with van der Waals surface area (Å²) in [5.74, 6) is 1.12. The monoisotopic (exact) mass is 287 g/mol. The first kappa shape index (κ1) is 15.6. The zero-order valence-electron chi connectivity index (χ0n) is 13.1. The maximum absolute atomic E-state index is 12.4. The van der Waals surface area contributed by atoms with E-state index < -0.39 is 0 Å². The van der Waals surface area contributed by atoms with E-state index in [0.29, 0.717) is 12.5 Å². The largest absolute Gasteiger partial charge is 0.497 e. The van der Waals surface area contributed by atoms with E-state index in [0.717, 1.165) is 38.0 Å². The SMILES string of the molecule is C=C1CCN(C(=O)CCc2ccc(OC)cc2)[C@@H](CC)C1. The van der Waals surface area contributed by atoms with Gasteiger partial charge in [0.15, 0.2) is 0 Å². The summed E-state index contributed by atoms with van der Waals surface area (Å²) in [6.45, 7) is 7.04. The van der Waals surface area contributed by atoms with E-state index in [-0.39, 0.29) is 5.91 Å². The second kappa shape index (κ2) is 7.30. The Bertz CT molecular complexity index is 492. The molecule has 0 aliphatic carbocycles. The lowest BCUT2D eigenvalue weighted by molar-refractivity contribution is -0.134. The number of benzene rings is 1. The maximum Gasteiger partial charge on any atom is 0.223 e. The number of amides is 1. The fourth-order valence-electron chi connectivity index (χ4n) is 2.89. The van der Waals surface area contributed by atoms with Crippen molar-refractivity contribution in [3.05, 3.63) is 42.0 Å². The van der Waals surface area contributed by atoms with Gasteiger partial charge in [-0.2, -0.15) is 0 Å². The topological polar surface area (TPSA) is 29.5 Å². The van der Waals surface area contributed by atoms with E-state index in [1.807, 2.05) is 24.3 Å². The molecule has 1 heterocycles. The molecule has 1 aromatic carbocycles. The number of methoxy groups -OCH3 is 1. The summed E-state index contributed by atoms with van der Waals surface area (Å²) < 4.78 is 5.15. The number of carbonyl (C=O) groups is 1. The van der Waals surface area contributed by atoms with Crippen LogP contribution in [0.25, 0.3) is 0 Å². The lowest BCUT2D eigenvalue weighted by Crippen LogP contribution is -2.44. The van der Waals surface area contributed by atoms with Crippen molar-refractivity contribution >= 4 is 5.91 Å². The Morgan fingerprint density at radius 1 is 1.38 bits per heavy atom. The van der Waals surface area contributed by atoms with Crippen LogP contribution in [0.4, 0.5) is 0 Å². The van der Waals surface area contributed by atoms with E-state index in [4.69, 9.17) is 4.74 Å². The predicted octanol–water partition coefficient (Wildman–Crippen LogP) is 3.59. The van der Waals surface area contributed by atoms with Crippen molar-refractivity contribution < 1.29 is 9.53 Å². The summed E-state index contributed by atoms with van der Waals surface area (Å²) in [6, 6.07) is 8.29. The molecule has 1 saturated heterocycles. The number of nitrogens with zero attached hydrogens (tertiary/aromatic N) is 1. The van der Waals surface area contributed by atoms with Crippen LogP contribution in [0.1, 0.15) is 38.2 Å². The molecular weight excluding hydrogens is 262 g/mol. The van der Waals surface area contributed by atoms with Crippen molar-refractivity contribution in [3.8, 4) is 5.75 Å². The Balaban J connectivity index is 1.89. The molecule has 1 amide bonds. The molecule has 1 aliphatic rings. The standard InChI is InChI=1S/C18H25NO2/c1-4-16-13-14(2)11-12-19(16)18(20)10-7-15-5-8-17(21-3)9-6-15/h5-6,8-9,16H,2,4,7,10-13H2,1,3H3/t16-/m0/s1. The quantitative estimate of drug-likeness (QED) is 0.775. The van der Waals surface area contributed by atoms with Crippen molar-refractivity contribution in [3.63, 3.8) is 0 Å². The summed E-state index contributed by atoms with van der Waals surface area (Å²) in [6.07, 6.45) is 4.29. The third kappa shape index (κ3) is 4.10. The van der Waals surface area contributed by atoms with Crippen LogP contribution in [-0.4, -0.2) is 30.5 Å². The second-order valence-electron chi connectivity index (χ2n) is 5.70. The molecule has 3 nitrogen and oxygen atoms in total. The van der Waals surface area contributed by atoms with Crippen LogP contribution in [0.15, 0.2) is 36.4 Å². The van der Waals surface area contributed by atoms with Crippen LogP contribution in [0.2, 0.25) is 0 Å². The van der Waals surface area contributed by atoms with Gasteiger partial charge in [0.25, 0.3) is 0 Å². The fraction of sp³-hybridized carbons (Fsp3) is 0.500. The lowest BCUT2D eigenvalue weighted by Gasteiger charge is -2.36. The molecule has 0 radical (unpaired) electrons. The van der Waals surface area contributed by atoms with Crippen LogP contribution in [0, 0.1) is 0 Å². The molecule has 2 rings (SSSR count). The van der Waals surface area contributed by atoms with Gasteiger partial charge >= 0.3 is 0 Å². The van der Waals surface area contributed by atoms with E-state index in [2.05, 4.69) is 18.4 Å². The first-order chi connectivity index (χ1) is 10.1. The minimum absolute atomic E-state index is 0.269. The van der Waals surface area contributed by atoms with Gasteiger partial charge < -0.3 is 9.64 Å². The van der Waals surface area contributed by atoms with Crippen LogP contribution in [0.3, 0.4) is 0 Å². The number of carbonyl (C=O) groups excluding carboxylic acids is 1. The highest BCUT2D eigenvalue weighted by molar-refractivity contribution is 5.77. The van der Waals surface area contributed by atoms with Gasteiger partial charge in [-0.3, -0.25) is 4.79 Å². The first-order valence-corrected chi connectivity index (χ1v) is 7.73. The van der Waals surface area contributed by atoms with Crippen LogP contribution in [0.5, 0.6) is 5.75 Å². The van der Waals surface area contributed by atoms with Gasteiger partial charge in [0.2, 0.25) is 5.91 Å². The number of ether oxygens (including phenoxy) is 1. The van der Waals surface area contributed by atoms with Crippen LogP contribution >= 0.6 is 0 Å². The van der Waals surface area contributed by atoms with Crippen molar-refractivity contribution in [1.82, 2.24) is 4.90 Å². The van der Waals surface area contributed by atoms with Crippen LogP contribution < -0.4 is 4.74 Å². The minimum Gasteiger partial charge on any atom is -0.497 e. The molecule has 1 fully saturated rings. The molecule has 21 heavy (non-hydrogen) atoms. The van der Waals surface area contributed by atoms with E-state index in [1.165, 1.54) is 11.1 Å². The third-order valence-electron chi connectivity index (χ3n) is 4.25. The summed E-state index contributed by atoms with van der Waals surface area (Å²) in [5.41, 5.74) is 2.46. The number of hydrogen-bond donors (Lipinski definition) is 0. The first-order valence-electron chi connectivity index (χ1n) is 7.73. The lowest BCUT2D eigenvalue weighted by atomic mass is 9.95. The van der Waals surface area contributed by atoms with E-state index in [1.54, 1.807) is 7.11 Å². The molecule has 0 saturated carbocycles. The summed E-state index contributed by atoms with van der Waals surface area (Å²) >= 11 is 0. The Labute approximate surface area is 127 Å². The number of likely N-dealkylation sites (tertiary alicyclic amines) is 1. The van der Waals surface area contributed by atoms with Crippen molar-refractivity contribution in [1.29, 1.82) is 0 Å². The molecule has 0 aromatic heterocycles. The van der Waals surface area contributed by atoms with Gasteiger partial charge in [-0.1, -0.05) is 31.2 Å². The minimum atomic E-state index is 0.269. The molecule has 1 aliphatic heterocycles. The average molecular weight is 287 g/mol. The zero-order valence-corrected chi connectivity index (χ0v) is 13.1. The number of hydrogen-bond acceptors (Lipinski definition) is 2. The molecule has 3 heteroatoms. The Morgan fingerprint density at radius 3 is 2.71 bits per heavy atom. The highest BCUT2D eigenvalue weighted by atomic mass is 16.5. The molecule has 0 unspecified atom stereocenters. The highest BCUT2D eigenvalue weighted by Gasteiger charge is 2.26. The van der Waals surface area contributed by atoms with Crippen molar-refractivity contribution in [2.45, 2.75) is 45.1 Å². The molecular formula is C18H25NO2. The van der Waals surface area contributed by atoms with E-state index in [9.17, 15) is 4.79 Å². The maximum atomic E-state index is 12.4. The highest BCUT2D eigenvalue weighted by Crippen LogP contribution is 2.24. The zero-order chi connectivity index (χ0) is 15.2. The van der Waals surface area contributed by atoms with E-state index >= 15 is 0 Å². The van der Waals surface area contributed by atoms with Crippen molar-refractivity contribution in [2.75, 3.05) is 13.7 Å². The molecule has 0 N–H and O–H groups in total. The predicted molar refractivity (Wildman–Crippen MR) is 85.5 cm³/mol. The van der Waals surface area contributed by atoms with Crippen LogP contribution in [-0.2, 0) is 11.2 Å². The third-order valence-corrected chi connectivity index (χ3v) is 4.25. The molecule has 114 valence electrons. The Kier molecular flexibility index (Phi) is 5.43. The summed E-state index contributed by atoms with van der Waals surface area (Å²) in [5, 5.41) is 0. The van der Waals surface area contributed by atoms with Gasteiger partial charge in [-0.25, -0.2) is 0 Å². The van der Waals surface area contributed by atoms with Gasteiger partial charge in [-0.15, -0.1) is 0 Å². The number of aryl methyl sites for hydroxylation is 1. The second-order valence-corrected chi connectivity index (χ2v) is 5.70. The normalized spacial score (nSPS) is 18.7. The molecule has 1 atom stereocenters. The smallest absolute Gasteiger partial charge is 0.223 e. The van der Waals surface area contributed by atoms with Gasteiger partial charge in [0.05, 0.1) is 7.11 Å². The van der Waals surface area contributed by atoms with Gasteiger partial charge in [0, 0.05) is 19.0 Å². The van der Waals surface area contributed by atoms with Gasteiger partial charge in [0.1, 0.15) is 5.75 Å². The number of rotatable bonds is 5. The van der Waals surface area contributed by atoms with Gasteiger partial charge in [-0.05, 0) is 43.4 Å². The molecule has 0 spiro atoms. The Hall–Kier alpha value is -1.77. The van der Waals surface area contributed by atoms with Crippen molar-refractivity contribution in [2.24, 2.45) is 0 Å². The molecule has 0 bridgehead atoms. The Morgan fingerprint density at radius 2 is 2.10 bits per heavy atom. The molecule has 1 aromatic rings. The number of piperidine rings is 1. The average Bonchev–Trinajstić information content (AvgIpc) is 2.52. The summed E-state index contributed by atoms with van der Waals surface area (Å²) in [7, 11) is 1.66. The summed E-state index contributed by atoms with van der Waals surface area (Å²) in [4.78, 5) is 14.5. The fourth-order valence-corrected chi connectivity index (χ4v) is 2.89.